The lowest BCUT2D eigenvalue weighted by atomic mass is 10.2. The molecule has 0 amide bonds. The van der Waals surface area contributed by atoms with E-state index >= 15 is 0 Å². The van der Waals surface area contributed by atoms with E-state index in [2.05, 4.69) is 33.5 Å². The molecule has 0 saturated carbocycles. The molecule has 108 valence electrons. The smallest absolute Gasteiger partial charge is 0.140 e. The van der Waals surface area contributed by atoms with Gasteiger partial charge in [0.1, 0.15) is 17.2 Å². The van der Waals surface area contributed by atoms with Crippen LogP contribution >= 0.6 is 0 Å². The number of aromatic amines is 1. The molecule has 2 N–H and O–H groups in total. The summed E-state index contributed by atoms with van der Waals surface area (Å²) in [5.41, 5.74) is 2.93. The van der Waals surface area contributed by atoms with Gasteiger partial charge in [-0.2, -0.15) is 0 Å². The maximum atomic E-state index is 5.24. The second-order valence-electron chi connectivity index (χ2n) is 5.12. The molecule has 0 aliphatic heterocycles. The molecule has 22 heavy (non-hydrogen) atoms. The Kier molecular flexibility index (Phi) is 2.93. The molecule has 0 fully saturated rings. The molecule has 0 bridgehead atoms. The zero-order chi connectivity index (χ0) is 14.9. The maximum Gasteiger partial charge on any atom is 0.140 e. The van der Waals surface area contributed by atoms with Crippen LogP contribution in [0.3, 0.4) is 0 Å². The summed E-state index contributed by atoms with van der Waals surface area (Å²) in [7, 11) is 1.66. The van der Waals surface area contributed by atoms with E-state index in [0.717, 1.165) is 33.8 Å². The second kappa shape index (κ2) is 5.07. The summed E-state index contributed by atoms with van der Waals surface area (Å²) in [6.45, 7) is 0. The molecule has 0 unspecified atom stereocenters. The van der Waals surface area contributed by atoms with E-state index in [-0.39, 0.29) is 0 Å². The third kappa shape index (κ3) is 2.15. The molecule has 4 heteroatoms. The Bertz CT molecular complexity index is 959. The van der Waals surface area contributed by atoms with Crippen molar-refractivity contribution in [1.29, 1.82) is 0 Å². The van der Waals surface area contributed by atoms with Crippen LogP contribution in [0.2, 0.25) is 0 Å². The summed E-state index contributed by atoms with van der Waals surface area (Å²) >= 11 is 0. The van der Waals surface area contributed by atoms with E-state index in [1.54, 1.807) is 7.11 Å². The van der Waals surface area contributed by atoms with Crippen molar-refractivity contribution in [3.63, 3.8) is 0 Å². The third-order valence-electron chi connectivity index (χ3n) is 3.71. The van der Waals surface area contributed by atoms with Gasteiger partial charge in [-0.05, 0) is 30.3 Å². The normalized spacial score (nSPS) is 11.0. The fourth-order valence-electron chi connectivity index (χ4n) is 2.64. The largest absolute Gasteiger partial charge is 0.497 e. The van der Waals surface area contributed by atoms with Crippen LogP contribution in [0, 0.1) is 0 Å². The van der Waals surface area contributed by atoms with Crippen molar-refractivity contribution in [2.45, 2.75) is 0 Å². The molecule has 0 aliphatic carbocycles. The van der Waals surface area contributed by atoms with Crippen LogP contribution < -0.4 is 10.1 Å². The van der Waals surface area contributed by atoms with E-state index in [0.29, 0.717) is 0 Å². The van der Waals surface area contributed by atoms with Crippen LogP contribution in [-0.4, -0.2) is 17.1 Å². The van der Waals surface area contributed by atoms with Gasteiger partial charge in [0.05, 0.1) is 7.11 Å². The Morgan fingerprint density at radius 1 is 0.955 bits per heavy atom. The number of nitrogens with zero attached hydrogens (tertiary/aromatic N) is 1. The van der Waals surface area contributed by atoms with Crippen molar-refractivity contribution in [2.75, 3.05) is 12.4 Å². The van der Waals surface area contributed by atoms with Crippen LogP contribution in [0.5, 0.6) is 5.75 Å². The lowest BCUT2D eigenvalue weighted by Crippen LogP contribution is -1.94. The number of nitrogens with one attached hydrogen (secondary N) is 2. The summed E-state index contributed by atoms with van der Waals surface area (Å²) in [6.07, 6.45) is 0. The maximum absolute atomic E-state index is 5.24. The van der Waals surface area contributed by atoms with Gasteiger partial charge < -0.3 is 15.0 Å². The average molecular weight is 289 g/mol. The number of hydrogen-bond acceptors (Lipinski definition) is 3. The number of anilines is 2. The van der Waals surface area contributed by atoms with Gasteiger partial charge in [0.25, 0.3) is 0 Å². The zero-order valence-electron chi connectivity index (χ0n) is 12.1. The minimum Gasteiger partial charge on any atom is -0.497 e. The Hall–Kier alpha value is -3.01. The second-order valence-corrected chi connectivity index (χ2v) is 5.12. The quantitative estimate of drug-likeness (QED) is 0.585. The summed E-state index contributed by atoms with van der Waals surface area (Å²) in [5, 5.41) is 5.63. The number of methoxy groups -OCH3 is 1. The summed E-state index contributed by atoms with van der Waals surface area (Å²) < 4.78 is 5.24. The van der Waals surface area contributed by atoms with Gasteiger partial charge in [0, 0.05) is 28.0 Å². The van der Waals surface area contributed by atoms with E-state index in [1.165, 1.54) is 5.39 Å². The van der Waals surface area contributed by atoms with E-state index in [9.17, 15) is 0 Å². The fourth-order valence-corrected chi connectivity index (χ4v) is 2.64. The number of ether oxygens (including phenoxy) is 1. The highest BCUT2D eigenvalue weighted by atomic mass is 16.5. The number of H-pyrrole nitrogens is 1. The lowest BCUT2D eigenvalue weighted by Gasteiger charge is -2.07. The van der Waals surface area contributed by atoms with Crippen LogP contribution in [0.1, 0.15) is 0 Å². The molecule has 4 aromatic rings. The molecule has 4 nitrogen and oxygen atoms in total. The number of aromatic nitrogens is 2. The molecule has 0 aliphatic rings. The monoisotopic (exact) mass is 289 g/mol. The van der Waals surface area contributed by atoms with Crippen LogP contribution in [0.25, 0.3) is 21.9 Å². The Morgan fingerprint density at radius 2 is 1.86 bits per heavy atom. The lowest BCUT2D eigenvalue weighted by molar-refractivity contribution is 0.415. The highest BCUT2D eigenvalue weighted by molar-refractivity contribution is 6.06. The molecular formula is C18H15N3O. The highest BCUT2D eigenvalue weighted by Gasteiger charge is 2.06. The van der Waals surface area contributed by atoms with Crippen LogP contribution in [0.4, 0.5) is 11.5 Å². The predicted molar refractivity (Wildman–Crippen MR) is 89.9 cm³/mol. The van der Waals surface area contributed by atoms with Crippen molar-refractivity contribution in [1.82, 2.24) is 9.97 Å². The average Bonchev–Trinajstić information content (AvgIpc) is 2.92. The van der Waals surface area contributed by atoms with Gasteiger partial charge in [-0.15, -0.1) is 0 Å². The van der Waals surface area contributed by atoms with Gasteiger partial charge >= 0.3 is 0 Å². The van der Waals surface area contributed by atoms with Crippen molar-refractivity contribution in [3.8, 4) is 5.75 Å². The van der Waals surface area contributed by atoms with Gasteiger partial charge in [-0.3, -0.25) is 0 Å². The summed E-state index contributed by atoms with van der Waals surface area (Å²) in [5.74, 6) is 1.61. The van der Waals surface area contributed by atoms with Crippen molar-refractivity contribution in [2.24, 2.45) is 0 Å². The Labute approximate surface area is 127 Å². The topological polar surface area (TPSA) is 49.9 Å². The van der Waals surface area contributed by atoms with Gasteiger partial charge in [-0.25, -0.2) is 4.98 Å². The van der Waals surface area contributed by atoms with Crippen molar-refractivity contribution >= 4 is 33.4 Å². The van der Waals surface area contributed by atoms with Crippen molar-refractivity contribution < 1.29 is 4.74 Å². The van der Waals surface area contributed by atoms with Crippen LogP contribution in [0.15, 0.2) is 60.7 Å². The van der Waals surface area contributed by atoms with Gasteiger partial charge in [0.15, 0.2) is 0 Å². The third-order valence-corrected chi connectivity index (χ3v) is 3.71. The van der Waals surface area contributed by atoms with E-state index < -0.39 is 0 Å². The first-order chi connectivity index (χ1) is 10.8. The minimum absolute atomic E-state index is 0.798. The number of para-hydroxylation sites is 1. The molecule has 0 saturated heterocycles. The van der Waals surface area contributed by atoms with E-state index in [4.69, 9.17) is 4.74 Å². The summed E-state index contributed by atoms with van der Waals surface area (Å²) in [4.78, 5) is 8.01. The number of fused-ring (bicyclic) bond motifs is 3. The van der Waals surface area contributed by atoms with Gasteiger partial charge in [-0.1, -0.05) is 24.3 Å². The predicted octanol–water partition coefficient (Wildman–Crippen LogP) is 4.47. The molecule has 0 atom stereocenters. The van der Waals surface area contributed by atoms with Gasteiger partial charge in [0.2, 0.25) is 0 Å². The number of benzene rings is 2. The minimum atomic E-state index is 0.798. The zero-order valence-corrected chi connectivity index (χ0v) is 12.1. The first-order valence-electron chi connectivity index (χ1n) is 7.12. The first kappa shape index (κ1) is 12.7. The molecule has 2 heterocycles. The molecular weight excluding hydrogens is 274 g/mol. The fraction of sp³-hybridized carbons (Fsp3) is 0.0556. The van der Waals surface area contributed by atoms with Crippen LogP contribution in [-0.2, 0) is 0 Å². The molecule has 2 aromatic heterocycles. The summed E-state index contributed by atoms with van der Waals surface area (Å²) in [6, 6.07) is 20.1. The molecule has 0 spiro atoms. The Balaban J connectivity index is 1.74. The number of pyridine rings is 1. The molecule has 0 radical (unpaired) electrons. The number of hydrogen-bond donors (Lipinski definition) is 2. The molecule has 2 aromatic carbocycles. The standard InChI is InChI=1S/C18H15N3O/c1-22-13-6-4-5-12(11-13)19-17-10-9-15-14-7-2-3-8-16(14)20-18(15)21-17/h2-11H,1H3,(H2,19,20,21). The van der Waals surface area contributed by atoms with Crippen molar-refractivity contribution in [3.05, 3.63) is 60.7 Å². The van der Waals surface area contributed by atoms with E-state index in [1.807, 2.05) is 42.5 Å². The first-order valence-corrected chi connectivity index (χ1v) is 7.12. The molecule has 4 rings (SSSR count). The highest BCUT2D eigenvalue weighted by Crippen LogP contribution is 2.26. The SMILES string of the molecule is COc1cccc(Nc2ccc3c(n2)[nH]c2ccccc23)c1. The number of rotatable bonds is 3. The Morgan fingerprint density at radius 3 is 2.77 bits per heavy atom.